The molecule has 1 aromatic rings. The molecule has 1 saturated heterocycles. The second-order valence-electron chi connectivity index (χ2n) is 5.43. The van der Waals surface area contributed by atoms with Gasteiger partial charge in [0.2, 0.25) is 0 Å². The van der Waals surface area contributed by atoms with Crippen molar-refractivity contribution >= 4 is 11.6 Å². The summed E-state index contributed by atoms with van der Waals surface area (Å²) in [7, 11) is 2.04. The van der Waals surface area contributed by atoms with E-state index < -0.39 is 0 Å². The molecule has 2 rings (SSSR count). The van der Waals surface area contributed by atoms with Crippen LogP contribution in [0.5, 0.6) is 0 Å². The van der Waals surface area contributed by atoms with Gasteiger partial charge >= 0.3 is 0 Å². The Hall–Kier alpha value is -0.570. The van der Waals surface area contributed by atoms with Crippen LogP contribution in [-0.4, -0.2) is 31.1 Å². The first-order valence-corrected chi connectivity index (χ1v) is 7.17. The van der Waals surface area contributed by atoms with Gasteiger partial charge < -0.3 is 5.32 Å². The van der Waals surface area contributed by atoms with E-state index in [9.17, 15) is 0 Å². The van der Waals surface area contributed by atoms with Crippen molar-refractivity contribution in [1.29, 1.82) is 0 Å². The Morgan fingerprint density at radius 2 is 2.00 bits per heavy atom. The Kier molecular flexibility index (Phi) is 4.66. The summed E-state index contributed by atoms with van der Waals surface area (Å²) in [5, 5.41) is 4.15. The van der Waals surface area contributed by atoms with Crippen LogP contribution in [0.2, 0.25) is 5.02 Å². The Bertz CT molecular complexity index is 375. The highest BCUT2D eigenvalue weighted by atomic mass is 35.5. The summed E-state index contributed by atoms with van der Waals surface area (Å²) in [6.07, 6.45) is 1.27. The molecule has 3 heteroatoms. The molecular formula is C15H23ClN2. The summed E-state index contributed by atoms with van der Waals surface area (Å²) in [5.41, 5.74) is 1.39. The average molecular weight is 267 g/mol. The van der Waals surface area contributed by atoms with Gasteiger partial charge in [-0.1, -0.05) is 23.7 Å². The molecule has 0 amide bonds. The molecule has 100 valence electrons. The second-order valence-corrected chi connectivity index (χ2v) is 5.87. The van der Waals surface area contributed by atoms with Gasteiger partial charge in [-0.3, -0.25) is 4.90 Å². The van der Waals surface area contributed by atoms with Crippen molar-refractivity contribution in [3.8, 4) is 0 Å². The van der Waals surface area contributed by atoms with Gasteiger partial charge in [0.25, 0.3) is 0 Å². The molecule has 2 atom stereocenters. The summed E-state index contributed by atoms with van der Waals surface area (Å²) in [4.78, 5) is 2.60. The number of benzene rings is 1. The lowest BCUT2D eigenvalue weighted by atomic mass is 9.93. The predicted molar refractivity (Wildman–Crippen MR) is 78.1 cm³/mol. The molecule has 2 nitrogen and oxygen atoms in total. The number of hydrogen-bond donors (Lipinski definition) is 1. The lowest BCUT2D eigenvalue weighted by Crippen LogP contribution is -2.33. The molecule has 0 bridgehead atoms. The smallest absolute Gasteiger partial charge is 0.0406 e. The van der Waals surface area contributed by atoms with Crippen LogP contribution in [0.4, 0.5) is 0 Å². The molecule has 0 radical (unpaired) electrons. The fourth-order valence-corrected chi connectivity index (χ4v) is 3.19. The Morgan fingerprint density at radius 1 is 1.33 bits per heavy atom. The fraction of sp³-hybridized carbons (Fsp3) is 0.600. The molecule has 1 fully saturated rings. The van der Waals surface area contributed by atoms with E-state index in [2.05, 4.69) is 36.2 Å². The number of rotatable bonds is 4. The standard InChI is InChI=1S/C15H23ClN2/c1-11(2)18-9-8-13(10-17-3)15(18)12-4-6-14(16)7-5-12/h4-7,11,13,15,17H,8-10H2,1-3H3. The first-order valence-electron chi connectivity index (χ1n) is 6.79. The van der Waals surface area contributed by atoms with Gasteiger partial charge in [-0.25, -0.2) is 0 Å². The van der Waals surface area contributed by atoms with Crippen LogP contribution in [0.15, 0.2) is 24.3 Å². The van der Waals surface area contributed by atoms with E-state index in [4.69, 9.17) is 11.6 Å². The summed E-state index contributed by atoms with van der Waals surface area (Å²) in [6.45, 7) is 6.84. The monoisotopic (exact) mass is 266 g/mol. The van der Waals surface area contributed by atoms with E-state index in [1.54, 1.807) is 0 Å². The molecule has 1 aliphatic heterocycles. The fourth-order valence-electron chi connectivity index (χ4n) is 3.06. The van der Waals surface area contributed by atoms with Gasteiger partial charge in [0.05, 0.1) is 0 Å². The number of likely N-dealkylation sites (tertiary alicyclic amines) is 1. The van der Waals surface area contributed by atoms with E-state index in [-0.39, 0.29) is 0 Å². The molecule has 1 aliphatic rings. The number of nitrogens with one attached hydrogen (secondary N) is 1. The third kappa shape index (κ3) is 2.87. The quantitative estimate of drug-likeness (QED) is 0.899. The van der Waals surface area contributed by atoms with Gasteiger partial charge in [-0.15, -0.1) is 0 Å². The highest BCUT2D eigenvalue weighted by Gasteiger charge is 2.35. The van der Waals surface area contributed by atoms with Crippen molar-refractivity contribution in [2.24, 2.45) is 5.92 Å². The molecule has 1 N–H and O–H groups in total. The number of hydrogen-bond acceptors (Lipinski definition) is 2. The molecule has 1 aromatic carbocycles. The minimum atomic E-state index is 0.523. The summed E-state index contributed by atoms with van der Waals surface area (Å²) < 4.78 is 0. The van der Waals surface area contributed by atoms with Gasteiger partial charge in [0, 0.05) is 17.1 Å². The minimum absolute atomic E-state index is 0.523. The van der Waals surface area contributed by atoms with Gasteiger partial charge in [-0.2, -0.15) is 0 Å². The average Bonchev–Trinajstić information content (AvgIpc) is 2.75. The van der Waals surface area contributed by atoms with Gasteiger partial charge in [-0.05, 0) is 64.0 Å². The van der Waals surface area contributed by atoms with Crippen molar-refractivity contribution in [1.82, 2.24) is 10.2 Å². The normalized spacial score (nSPS) is 24.9. The molecule has 18 heavy (non-hydrogen) atoms. The largest absolute Gasteiger partial charge is 0.319 e. The van der Waals surface area contributed by atoms with Crippen molar-refractivity contribution in [2.75, 3.05) is 20.1 Å². The first-order chi connectivity index (χ1) is 8.63. The summed E-state index contributed by atoms with van der Waals surface area (Å²) >= 11 is 5.99. The molecule has 0 spiro atoms. The second kappa shape index (κ2) is 6.05. The highest BCUT2D eigenvalue weighted by molar-refractivity contribution is 6.30. The van der Waals surface area contributed by atoms with Crippen LogP contribution in [0, 0.1) is 5.92 Å². The maximum Gasteiger partial charge on any atom is 0.0406 e. The number of nitrogens with zero attached hydrogens (tertiary/aromatic N) is 1. The Labute approximate surface area is 115 Å². The lowest BCUT2D eigenvalue weighted by molar-refractivity contribution is 0.182. The topological polar surface area (TPSA) is 15.3 Å². The van der Waals surface area contributed by atoms with E-state index >= 15 is 0 Å². The highest BCUT2D eigenvalue weighted by Crippen LogP contribution is 2.38. The van der Waals surface area contributed by atoms with E-state index in [0.29, 0.717) is 18.0 Å². The van der Waals surface area contributed by atoms with Gasteiger partial charge in [0.1, 0.15) is 0 Å². The van der Waals surface area contributed by atoms with Crippen molar-refractivity contribution in [3.05, 3.63) is 34.9 Å². The molecule has 0 saturated carbocycles. The molecule has 1 heterocycles. The van der Waals surface area contributed by atoms with E-state index in [1.807, 2.05) is 19.2 Å². The maximum atomic E-state index is 5.99. The Morgan fingerprint density at radius 3 is 2.56 bits per heavy atom. The first kappa shape index (κ1) is 13.9. The minimum Gasteiger partial charge on any atom is -0.319 e. The number of halogens is 1. The zero-order chi connectivity index (χ0) is 13.1. The Balaban J connectivity index is 2.25. The van der Waals surface area contributed by atoms with Crippen LogP contribution in [0.25, 0.3) is 0 Å². The van der Waals surface area contributed by atoms with Gasteiger partial charge in [0.15, 0.2) is 0 Å². The third-order valence-corrected chi connectivity index (χ3v) is 4.16. The van der Waals surface area contributed by atoms with Crippen LogP contribution in [0.1, 0.15) is 31.9 Å². The zero-order valence-electron chi connectivity index (χ0n) is 11.5. The van der Waals surface area contributed by atoms with E-state index in [0.717, 1.165) is 11.6 Å². The summed E-state index contributed by atoms with van der Waals surface area (Å²) in [5.74, 6) is 0.693. The predicted octanol–water partition coefficient (Wildman–Crippen LogP) is 3.33. The van der Waals surface area contributed by atoms with Crippen molar-refractivity contribution < 1.29 is 0 Å². The SMILES string of the molecule is CNCC1CCN(C(C)C)C1c1ccc(Cl)cc1. The van der Waals surface area contributed by atoms with Crippen LogP contribution >= 0.6 is 11.6 Å². The van der Waals surface area contributed by atoms with E-state index in [1.165, 1.54) is 18.5 Å². The molecule has 0 aromatic heterocycles. The zero-order valence-corrected chi connectivity index (χ0v) is 12.2. The maximum absolute atomic E-state index is 5.99. The lowest BCUT2D eigenvalue weighted by Gasteiger charge is -2.31. The molecule has 0 aliphatic carbocycles. The molecular weight excluding hydrogens is 244 g/mol. The van der Waals surface area contributed by atoms with Crippen molar-refractivity contribution in [2.45, 2.75) is 32.4 Å². The summed E-state index contributed by atoms with van der Waals surface area (Å²) in [6, 6.07) is 9.48. The van der Waals surface area contributed by atoms with Crippen LogP contribution in [-0.2, 0) is 0 Å². The molecule has 2 unspecified atom stereocenters. The van der Waals surface area contributed by atoms with Crippen molar-refractivity contribution in [3.63, 3.8) is 0 Å². The van der Waals surface area contributed by atoms with Crippen LogP contribution in [0.3, 0.4) is 0 Å². The third-order valence-electron chi connectivity index (χ3n) is 3.90. The van der Waals surface area contributed by atoms with Crippen LogP contribution < -0.4 is 5.32 Å².